The Morgan fingerprint density at radius 3 is 0.400 bits per heavy atom. The zero-order chi connectivity index (χ0) is 0. The fraction of sp³-hybridized carbons (Fsp3) is 0. The first-order valence-electron chi connectivity index (χ1n) is 0. The van der Waals surface area contributed by atoms with Crippen molar-refractivity contribution in [1.82, 2.24) is 0 Å². The first-order valence-corrected chi connectivity index (χ1v) is 0. The van der Waals surface area contributed by atoms with Gasteiger partial charge in [-0.1, -0.05) is 0 Å². The number of hydrogen-bond donors (Lipinski definition) is 0. The van der Waals surface area contributed by atoms with Crippen LogP contribution in [0.25, 0.3) is 0 Å². The molecule has 0 heterocycles. The van der Waals surface area contributed by atoms with E-state index < -0.39 is 0 Å². The van der Waals surface area contributed by atoms with Crippen molar-refractivity contribution in [2.75, 3.05) is 0 Å². The third-order valence-corrected chi connectivity index (χ3v) is 0. The van der Waals surface area contributed by atoms with Gasteiger partial charge in [-0.2, -0.15) is 54.0 Å². The summed E-state index contributed by atoms with van der Waals surface area (Å²) in [5.74, 6) is 0. The smallest absolute Gasteiger partial charge is 0 e. The standard InChI is InChI=1S/4H2S.Ta/h4*1H2;. The van der Waals surface area contributed by atoms with Gasteiger partial charge in [0, 0.05) is 22.4 Å². The van der Waals surface area contributed by atoms with E-state index in [9.17, 15) is 0 Å². The van der Waals surface area contributed by atoms with Crippen LogP contribution in [0.15, 0.2) is 0 Å². The molecule has 0 nitrogen and oxygen atoms in total. The van der Waals surface area contributed by atoms with E-state index >= 15 is 0 Å². The van der Waals surface area contributed by atoms with Crippen LogP contribution >= 0.6 is 54.0 Å². The van der Waals surface area contributed by atoms with Crippen LogP contribution in [0.4, 0.5) is 0 Å². The molecule has 0 rings (SSSR count). The molecule has 0 fully saturated rings. The van der Waals surface area contributed by atoms with Gasteiger partial charge in [0.1, 0.15) is 0 Å². The Morgan fingerprint density at radius 1 is 0.400 bits per heavy atom. The molecular weight excluding hydrogens is 309 g/mol. The van der Waals surface area contributed by atoms with E-state index in [1.165, 1.54) is 0 Å². The Hall–Kier alpha value is 2.14. The van der Waals surface area contributed by atoms with Crippen molar-refractivity contribution in [3.05, 3.63) is 0 Å². The number of rotatable bonds is 0. The first kappa shape index (κ1) is 58.8. The topological polar surface area (TPSA) is 0 Å². The van der Waals surface area contributed by atoms with Crippen LogP contribution in [0, 0.1) is 0 Å². The van der Waals surface area contributed by atoms with Crippen LogP contribution in [0.1, 0.15) is 0 Å². The molecule has 5 heteroatoms. The molecule has 0 spiro atoms. The second-order valence-electron chi connectivity index (χ2n) is 0. The minimum absolute atomic E-state index is 0. The fourth-order valence-corrected chi connectivity index (χ4v) is 0. The SMILES string of the molecule is S.S.S.S.[Ta]. The molecule has 37 valence electrons. The predicted octanol–water partition coefficient (Wildman–Crippen LogP) is 0.449. The second-order valence-corrected chi connectivity index (χ2v) is 0. The van der Waals surface area contributed by atoms with Crippen molar-refractivity contribution >= 4 is 54.0 Å². The molecule has 0 aliphatic rings. The molecule has 0 bridgehead atoms. The van der Waals surface area contributed by atoms with E-state index in [-0.39, 0.29) is 76.4 Å². The van der Waals surface area contributed by atoms with Crippen LogP contribution in [0.2, 0.25) is 0 Å². The summed E-state index contributed by atoms with van der Waals surface area (Å²) in [5.41, 5.74) is 0. The maximum absolute atomic E-state index is 0. The molecule has 0 N–H and O–H groups in total. The van der Waals surface area contributed by atoms with Gasteiger partial charge in [0.05, 0.1) is 0 Å². The Bertz CT molecular complexity index is 3.61. The third kappa shape index (κ3) is 23.0. The molecule has 1 radical (unpaired) electrons. The molecule has 0 saturated carbocycles. The minimum atomic E-state index is 0. The molecule has 0 saturated heterocycles. The van der Waals surface area contributed by atoms with Crippen molar-refractivity contribution in [1.29, 1.82) is 0 Å². The van der Waals surface area contributed by atoms with Crippen LogP contribution in [-0.4, -0.2) is 0 Å². The molecule has 0 atom stereocenters. The average molecular weight is 317 g/mol. The predicted molar refractivity (Wildman–Crippen MR) is 41.5 cm³/mol. The van der Waals surface area contributed by atoms with Gasteiger partial charge in [0.15, 0.2) is 0 Å². The Kier molecular flexibility index (Phi) is 416. The summed E-state index contributed by atoms with van der Waals surface area (Å²) in [6.45, 7) is 0. The zero-order valence-electron chi connectivity index (χ0n) is 2.45. The zero-order valence-corrected chi connectivity index (χ0v) is 9.66. The quantitative estimate of drug-likeness (QED) is 0.609. The van der Waals surface area contributed by atoms with E-state index in [2.05, 4.69) is 0 Å². The van der Waals surface area contributed by atoms with Crippen molar-refractivity contribution in [2.45, 2.75) is 0 Å². The molecular formula is H8S4Ta. The first-order chi connectivity index (χ1) is 0. The van der Waals surface area contributed by atoms with Gasteiger partial charge in [-0.25, -0.2) is 0 Å². The Morgan fingerprint density at radius 2 is 0.400 bits per heavy atom. The van der Waals surface area contributed by atoms with E-state index in [0.717, 1.165) is 0 Å². The van der Waals surface area contributed by atoms with Crippen molar-refractivity contribution in [3.8, 4) is 0 Å². The largest absolute Gasteiger partial charge is 0.197 e. The Balaban J connectivity index is 0. The van der Waals surface area contributed by atoms with Gasteiger partial charge < -0.3 is 0 Å². The molecule has 0 aromatic carbocycles. The summed E-state index contributed by atoms with van der Waals surface area (Å²) in [6, 6.07) is 0. The van der Waals surface area contributed by atoms with E-state index in [1.54, 1.807) is 0 Å². The summed E-state index contributed by atoms with van der Waals surface area (Å²) in [6.07, 6.45) is 0. The average Bonchev–Trinajstić information content (AvgIpc) is 0. The maximum Gasteiger partial charge on any atom is 0 e. The molecule has 0 aromatic heterocycles. The molecule has 0 aliphatic carbocycles. The molecule has 0 unspecified atom stereocenters. The maximum atomic E-state index is 0. The summed E-state index contributed by atoms with van der Waals surface area (Å²) in [4.78, 5) is 0. The van der Waals surface area contributed by atoms with Gasteiger partial charge in [0.2, 0.25) is 0 Å². The third-order valence-electron chi connectivity index (χ3n) is 0. The van der Waals surface area contributed by atoms with Crippen LogP contribution in [0.5, 0.6) is 0 Å². The molecule has 0 amide bonds. The fourth-order valence-electron chi connectivity index (χ4n) is 0. The van der Waals surface area contributed by atoms with Crippen molar-refractivity contribution < 1.29 is 22.4 Å². The summed E-state index contributed by atoms with van der Waals surface area (Å²) >= 11 is 0. The summed E-state index contributed by atoms with van der Waals surface area (Å²) in [7, 11) is 0. The Labute approximate surface area is 75.8 Å². The normalized spacial score (nSPS) is 0. The summed E-state index contributed by atoms with van der Waals surface area (Å²) < 4.78 is 0. The van der Waals surface area contributed by atoms with Crippen LogP contribution in [-0.2, 0) is 22.4 Å². The van der Waals surface area contributed by atoms with Crippen LogP contribution < -0.4 is 0 Å². The molecule has 5 heavy (non-hydrogen) atoms. The summed E-state index contributed by atoms with van der Waals surface area (Å²) in [5, 5.41) is 0. The van der Waals surface area contributed by atoms with E-state index in [1.807, 2.05) is 0 Å². The number of hydrogen-bond acceptors (Lipinski definition) is 0. The van der Waals surface area contributed by atoms with Gasteiger partial charge in [-0.05, 0) is 0 Å². The van der Waals surface area contributed by atoms with E-state index in [4.69, 9.17) is 0 Å². The van der Waals surface area contributed by atoms with E-state index in [0.29, 0.717) is 0 Å². The monoisotopic (exact) mass is 317 g/mol. The van der Waals surface area contributed by atoms with Crippen LogP contribution in [0.3, 0.4) is 0 Å². The van der Waals surface area contributed by atoms with Gasteiger partial charge in [-0.15, -0.1) is 0 Å². The second kappa shape index (κ2) is 35.4. The van der Waals surface area contributed by atoms with Gasteiger partial charge in [0.25, 0.3) is 0 Å². The molecule has 0 aliphatic heterocycles. The van der Waals surface area contributed by atoms with Crippen molar-refractivity contribution in [3.63, 3.8) is 0 Å². The van der Waals surface area contributed by atoms with Crippen molar-refractivity contribution in [2.24, 2.45) is 0 Å². The van der Waals surface area contributed by atoms with Gasteiger partial charge in [-0.3, -0.25) is 0 Å². The van der Waals surface area contributed by atoms with Gasteiger partial charge >= 0.3 is 0 Å². The molecule has 0 aromatic rings. The minimum Gasteiger partial charge on any atom is -0.197 e.